The van der Waals surface area contributed by atoms with Crippen molar-refractivity contribution < 1.29 is 0 Å². The van der Waals surface area contributed by atoms with Crippen molar-refractivity contribution >= 4 is 11.6 Å². The number of aromatic nitrogens is 3. The second-order valence-corrected chi connectivity index (χ2v) is 4.93. The fraction of sp³-hybridized carbons (Fsp3) is 0.438. The normalized spacial score (nSPS) is 10.6. The Morgan fingerprint density at radius 3 is 2.33 bits per heavy atom. The molecule has 0 spiro atoms. The van der Waals surface area contributed by atoms with Crippen molar-refractivity contribution in [1.82, 2.24) is 15.2 Å². The highest BCUT2D eigenvalue weighted by atomic mass is 15.3. The molecule has 2 aromatic rings. The zero-order valence-electron chi connectivity index (χ0n) is 13.0. The topological polar surface area (TPSA) is 67.9 Å². The summed E-state index contributed by atoms with van der Waals surface area (Å²) in [4.78, 5) is 6.77. The van der Waals surface area contributed by atoms with Gasteiger partial charge >= 0.3 is 0 Å². The minimum atomic E-state index is 0.676. The van der Waals surface area contributed by atoms with Crippen molar-refractivity contribution in [2.45, 2.75) is 40.2 Å². The summed E-state index contributed by atoms with van der Waals surface area (Å²) in [5.74, 6) is 0.676. The van der Waals surface area contributed by atoms with Gasteiger partial charge in [0, 0.05) is 18.8 Å². The number of para-hydroxylation sites is 1. The number of anilines is 2. The SMILES string of the molecule is CCc1nnc(N(CC)Cc2ccccc2N)nc1CC. The van der Waals surface area contributed by atoms with Crippen LogP contribution in [0.3, 0.4) is 0 Å². The number of rotatable bonds is 6. The van der Waals surface area contributed by atoms with Crippen molar-refractivity contribution in [3.8, 4) is 0 Å². The Bertz CT molecular complexity index is 597. The molecule has 5 nitrogen and oxygen atoms in total. The van der Waals surface area contributed by atoms with E-state index < -0.39 is 0 Å². The van der Waals surface area contributed by atoms with Gasteiger partial charge in [-0.15, -0.1) is 5.10 Å². The molecular weight excluding hydrogens is 262 g/mol. The summed E-state index contributed by atoms with van der Waals surface area (Å²) >= 11 is 0. The van der Waals surface area contributed by atoms with Crippen LogP contribution >= 0.6 is 0 Å². The molecule has 0 unspecified atom stereocenters. The van der Waals surface area contributed by atoms with E-state index in [9.17, 15) is 0 Å². The number of hydrogen-bond acceptors (Lipinski definition) is 5. The molecule has 0 amide bonds. The summed E-state index contributed by atoms with van der Waals surface area (Å²) in [6, 6.07) is 7.89. The van der Waals surface area contributed by atoms with E-state index in [1.807, 2.05) is 24.3 Å². The molecule has 0 saturated heterocycles. The summed E-state index contributed by atoms with van der Waals surface area (Å²) in [7, 11) is 0. The molecule has 112 valence electrons. The zero-order chi connectivity index (χ0) is 15.2. The van der Waals surface area contributed by atoms with Crippen molar-refractivity contribution in [1.29, 1.82) is 0 Å². The first-order valence-corrected chi connectivity index (χ1v) is 7.50. The van der Waals surface area contributed by atoms with Gasteiger partial charge in [0.2, 0.25) is 5.95 Å². The Hall–Kier alpha value is -2.17. The lowest BCUT2D eigenvalue weighted by Gasteiger charge is -2.22. The first-order valence-electron chi connectivity index (χ1n) is 7.50. The number of nitrogens with two attached hydrogens (primary N) is 1. The van der Waals surface area contributed by atoms with Crippen molar-refractivity contribution in [2.24, 2.45) is 0 Å². The first-order chi connectivity index (χ1) is 10.2. The molecule has 21 heavy (non-hydrogen) atoms. The third kappa shape index (κ3) is 3.48. The molecule has 0 atom stereocenters. The molecule has 0 aliphatic heterocycles. The fourth-order valence-electron chi connectivity index (χ4n) is 2.27. The Labute approximate surface area is 126 Å². The van der Waals surface area contributed by atoms with Crippen LogP contribution in [-0.4, -0.2) is 21.7 Å². The van der Waals surface area contributed by atoms with E-state index in [0.717, 1.165) is 42.0 Å². The largest absolute Gasteiger partial charge is 0.398 e. The van der Waals surface area contributed by atoms with Crippen molar-refractivity contribution in [3.05, 3.63) is 41.2 Å². The van der Waals surface area contributed by atoms with Crippen LogP contribution in [0, 0.1) is 0 Å². The molecule has 0 bridgehead atoms. The van der Waals surface area contributed by atoms with Gasteiger partial charge in [0.1, 0.15) is 0 Å². The molecule has 2 rings (SSSR count). The molecule has 0 aliphatic carbocycles. The van der Waals surface area contributed by atoms with Crippen LogP contribution < -0.4 is 10.6 Å². The Balaban J connectivity index is 2.27. The van der Waals surface area contributed by atoms with E-state index in [0.29, 0.717) is 12.5 Å². The van der Waals surface area contributed by atoms with Gasteiger partial charge in [0.15, 0.2) is 0 Å². The standard InChI is InChI=1S/C16H23N5/c1-4-14-15(5-2)19-20-16(18-14)21(6-3)11-12-9-7-8-10-13(12)17/h7-10H,4-6,11,17H2,1-3H3. The zero-order valence-corrected chi connectivity index (χ0v) is 13.0. The molecule has 2 N–H and O–H groups in total. The lowest BCUT2D eigenvalue weighted by molar-refractivity contribution is 0.738. The van der Waals surface area contributed by atoms with Gasteiger partial charge in [-0.2, -0.15) is 5.10 Å². The highest BCUT2D eigenvalue weighted by molar-refractivity contribution is 5.48. The van der Waals surface area contributed by atoms with E-state index in [1.165, 1.54) is 0 Å². The third-order valence-corrected chi connectivity index (χ3v) is 3.58. The van der Waals surface area contributed by atoms with Crippen LogP contribution in [0.1, 0.15) is 37.7 Å². The molecule has 1 heterocycles. The monoisotopic (exact) mass is 285 g/mol. The predicted molar refractivity (Wildman–Crippen MR) is 86.2 cm³/mol. The summed E-state index contributed by atoms with van der Waals surface area (Å²) in [6.45, 7) is 7.76. The first kappa shape index (κ1) is 15.2. The fourth-order valence-corrected chi connectivity index (χ4v) is 2.27. The molecular formula is C16H23N5. The number of nitrogen functional groups attached to an aromatic ring is 1. The van der Waals surface area contributed by atoms with Gasteiger partial charge in [0.05, 0.1) is 11.4 Å². The number of nitrogens with zero attached hydrogens (tertiary/aromatic N) is 4. The Morgan fingerprint density at radius 1 is 1.00 bits per heavy atom. The average Bonchev–Trinajstić information content (AvgIpc) is 2.53. The van der Waals surface area contributed by atoms with Gasteiger partial charge in [-0.1, -0.05) is 32.0 Å². The van der Waals surface area contributed by atoms with Crippen LogP contribution in [0.2, 0.25) is 0 Å². The van der Waals surface area contributed by atoms with E-state index in [-0.39, 0.29) is 0 Å². The van der Waals surface area contributed by atoms with Gasteiger partial charge < -0.3 is 10.6 Å². The van der Waals surface area contributed by atoms with Crippen LogP contribution in [0.25, 0.3) is 0 Å². The molecule has 0 radical (unpaired) electrons. The predicted octanol–water partition coefficient (Wildman–Crippen LogP) is 2.61. The lowest BCUT2D eigenvalue weighted by Crippen LogP contribution is -2.26. The molecule has 0 aliphatic rings. The second kappa shape index (κ2) is 7.02. The molecule has 0 saturated carbocycles. The Morgan fingerprint density at radius 2 is 1.71 bits per heavy atom. The highest BCUT2D eigenvalue weighted by Gasteiger charge is 2.13. The minimum Gasteiger partial charge on any atom is -0.398 e. The molecule has 5 heteroatoms. The van der Waals surface area contributed by atoms with Crippen LogP contribution in [0.15, 0.2) is 24.3 Å². The summed E-state index contributed by atoms with van der Waals surface area (Å²) in [6.07, 6.45) is 1.73. The maximum atomic E-state index is 6.02. The highest BCUT2D eigenvalue weighted by Crippen LogP contribution is 2.17. The quantitative estimate of drug-likeness (QED) is 0.826. The van der Waals surface area contributed by atoms with Gasteiger partial charge in [-0.25, -0.2) is 4.98 Å². The maximum Gasteiger partial charge on any atom is 0.245 e. The summed E-state index contributed by atoms with van der Waals surface area (Å²) < 4.78 is 0. The van der Waals surface area contributed by atoms with Gasteiger partial charge in [-0.3, -0.25) is 0 Å². The number of hydrogen-bond donors (Lipinski definition) is 1. The van der Waals surface area contributed by atoms with Gasteiger partial charge in [-0.05, 0) is 31.4 Å². The number of aryl methyl sites for hydroxylation is 2. The third-order valence-electron chi connectivity index (χ3n) is 3.58. The molecule has 0 fully saturated rings. The Kier molecular flexibility index (Phi) is 5.09. The smallest absolute Gasteiger partial charge is 0.245 e. The van der Waals surface area contributed by atoms with E-state index in [2.05, 4.69) is 40.9 Å². The van der Waals surface area contributed by atoms with E-state index in [1.54, 1.807) is 0 Å². The molecule has 1 aromatic heterocycles. The number of benzene rings is 1. The summed E-state index contributed by atoms with van der Waals surface area (Å²) in [5, 5.41) is 8.59. The maximum absolute atomic E-state index is 6.02. The average molecular weight is 285 g/mol. The van der Waals surface area contributed by atoms with Crippen LogP contribution in [0.5, 0.6) is 0 Å². The molecule has 1 aromatic carbocycles. The lowest BCUT2D eigenvalue weighted by atomic mass is 10.1. The van der Waals surface area contributed by atoms with Gasteiger partial charge in [0.25, 0.3) is 0 Å². The van der Waals surface area contributed by atoms with E-state index in [4.69, 9.17) is 5.73 Å². The minimum absolute atomic E-state index is 0.676. The van der Waals surface area contributed by atoms with Crippen molar-refractivity contribution in [3.63, 3.8) is 0 Å². The van der Waals surface area contributed by atoms with E-state index >= 15 is 0 Å². The summed E-state index contributed by atoms with van der Waals surface area (Å²) in [5.41, 5.74) is 9.91. The second-order valence-electron chi connectivity index (χ2n) is 4.93. The van der Waals surface area contributed by atoms with Crippen LogP contribution in [0.4, 0.5) is 11.6 Å². The van der Waals surface area contributed by atoms with Crippen LogP contribution in [-0.2, 0) is 19.4 Å². The van der Waals surface area contributed by atoms with Crippen molar-refractivity contribution in [2.75, 3.05) is 17.2 Å².